The summed E-state index contributed by atoms with van der Waals surface area (Å²) < 4.78 is 0. The first-order valence-electron chi connectivity index (χ1n) is 4.68. The molecule has 1 heterocycles. The molecule has 74 valence electrons. The fourth-order valence-corrected chi connectivity index (χ4v) is 1.58. The fourth-order valence-electron chi connectivity index (χ4n) is 1.58. The minimum atomic E-state index is -0.174. The lowest BCUT2D eigenvalue weighted by atomic mass is 10.1. The van der Waals surface area contributed by atoms with E-state index >= 15 is 0 Å². The lowest BCUT2D eigenvalue weighted by Gasteiger charge is -2.26. The second-order valence-corrected chi connectivity index (χ2v) is 3.36. The number of anilines is 3. The van der Waals surface area contributed by atoms with Crippen molar-refractivity contribution >= 4 is 23.0 Å². The van der Waals surface area contributed by atoms with E-state index in [1.54, 1.807) is 0 Å². The first-order chi connectivity index (χ1) is 6.72. The van der Waals surface area contributed by atoms with Gasteiger partial charge in [-0.1, -0.05) is 13.0 Å². The van der Waals surface area contributed by atoms with Crippen LogP contribution >= 0.6 is 0 Å². The zero-order chi connectivity index (χ0) is 10.1. The molecule has 0 radical (unpaired) electrons. The second kappa shape index (κ2) is 3.21. The Balaban J connectivity index is 2.40. The van der Waals surface area contributed by atoms with E-state index < -0.39 is 0 Å². The topological polar surface area (TPSA) is 67.2 Å². The number of hydrogen-bond donors (Lipinski definition) is 3. The highest BCUT2D eigenvalue weighted by molar-refractivity contribution is 6.05. The highest BCUT2D eigenvalue weighted by Crippen LogP contribution is 2.32. The molecule has 2 rings (SSSR count). The van der Waals surface area contributed by atoms with Crippen molar-refractivity contribution < 1.29 is 4.79 Å². The standard InChI is InChI=1S/C10H13N3O/c1-2-7-10(14)13-8-5-3-4-6(11)9(8)12-7/h3-5,7,12H,2,11H2,1H3,(H,13,14). The summed E-state index contributed by atoms with van der Waals surface area (Å²) in [6.45, 7) is 1.96. The summed E-state index contributed by atoms with van der Waals surface area (Å²) in [4.78, 5) is 11.5. The molecule has 1 aromatic carbocycles. The molecule has 14 heavy (non-hydrogen) atoms. The molecule has 0 spiro atoms. The molecule has 4 nitrogen and oxygen atoms in total. The molecule has 0 saturated carbocycles. The van der Waals surface area contributed by atoms with Crippen molar-refractivity contribution in [2.75, 3.05) is 16.4 Å². The molecular weight excluding hydrogens is 178 g/mol. The maximum Gasteiger partial charge on any atom is 0.246 e. The van der Waals surface area contributed by atoms with E-state index in [9.17, 15) is 4.79 Å². The van der Waals surface area contributed by atoms with Gasteiger partial charge in [-0.05, 0) is 18.6 Å². The van der Waals surface area contributed by atoms with E-state index in [0.717, 1.165) is 17.8 Å². The number of benzene rings is 1. The van der Waals surface area contributed by atoms with Gasteiger partial charge in [-0.15, -0.1) is 0 Å². The number of rotatable bonds is 1. The molecule has 4 N–H and O–H groups in total. The maximum absolute atomic E-state index is 11.5. The number of amides is 1. The van der Waals surface area contributed by atoms with Crippen molar-refractivity contribution in [2.24, 2.45) is 0 Å². The smallest absolute Gasteiger partial charge is 0.246 e. The third kappa shape index (κ3) is 1.28. The zero-order valence-electron chi connectivity index (χ0n) is 8.00. The fraction of sp³-hybridized carbons (Fsp3) is 0.300. The van der Waals surface area contributed by atoms with Crippen molar-refractivity contribution in [2.45, 2.75) is 19.4 Å². The number of nitrogens with two attached hydrogens (primary N) is 1. The minimum absolute atomic E-state index is 0.00519. The van der Waals surface area contributed by atoms with Gasteiger partial charge in [0.05, 0.1) is 17.1 Å². The van der Waals surface area contributed by atoms with Crippen molar-refractivity contribution in [3.8, 4) is 0 Å². The number of nitrogens with one attached hydrogen (secondary N) is 2. The monoisotopic (exact) mass is 191 g/mol. The molecule has 0 aliphatic carbocycles. The van der Waals surface area contributed by atoms with E-state index in [0.29, 0.717) is 5.69 Å². The molecule has 1 aromatic rings. The number of carbonyl (C=O) groups is 1. The number of hydrogen-bond acceptors (Lipinski definition) is 3. The van der Waals surface area contributed by atoms with Crippen LogP contribution in [-0.2, 0) is 4.79 Å². The van der Waals surface area contributed by atoms with E-state index in [2.05, 4.69) is 10.6 Å². The lowest BCUT2D eigenvalue weighted by Crippen LogP contribution is -2.38. The Kier molecular flexibility index (Phi) is 2.04. The summed E-state index contributed by atoms with van der Waals surface area (Å²) in [5.41, 5.74) is 8.05. The van der Waals surface area contributed by atoms with Crippen LogP contribution in [0.2, 0.25) is 0 Å². The van der Waals surface area contributed by atoms with Crippen LogP contribution in [0.15, 0.2) is 18.2 Å². The molecular formula is C10H13N3O. The minimum Gasteiger partial charge on any atom is -0.397 e. The van der Waals surface area contributed by atoms with Crippen LogP contribution in [0.1, 0.15) is 13.3 Å². The van der Waals surface area contributed by atoms with Gasteiger partial charge in [0.15, 0.2) is 0 Å². The Morgan fingerprint density at radius 2 is 2.29 bits per heavy atom. The third-order valence-corrected chi connectivity index (χ3v) is 2.40. The molecule has 0 bridgehead atoms. The van der Waals surface area contributed by atoms with E-state index in [4.69, 9.17) is 5.73 Å². The van der Waals surface area contributed by atoms with Gasteiger partial charge in [0.2, 0.25) is 5.91 Å². The average molecular weight is 191 g/mol. The highest BCUT2D eigenvalue weighted by Gasteiger charge is 2.24. The van der Waals surface area contributed by atoms with Gasteiger partial charge in [0, 0.05) is 0 Å². The summed E-state index contributed by atoms with van der Waals surface area (Å²) in [5, 5.41) is 5.95. The Morgan fingerprint density at radius 1 is 1.50 bits per heavy atom. The van der Waals surface area contributed by atoms with Gasteiger partial charge in [-0.2, -0.15) is 0 Å². The summed E-state index contributed by atoms with van der Waals surface area (Å²) in [5.74, 6) is 0.00519. The maximum atomic E-state index is 11.5. The van der Waals surface area contributed by atoms with Crippen molar-refractivity contribution in [3.05, 3.63) is 18.2 Å². The lowest BCUT2D eigenvalue weighted by molar-refractivity contribution is -0.117. The van der Waals surface area contributed by atoms with Gasteiger partial charge in [0.25, 0.3) is 0 Å². The Hall–Kier alpha value is -1.71. The summed E-state index contributed by atoms with van der Waals surface area (Å²) in [7, 11) is 0. The van der Waals surface area contributed by atoms with Crippen molar-refractivity contribution in [1.82, 2.24) is 0 Å². The van der Waals surface area contributed by atoms with Crippen LogP contribution in [-0.4, -0.2) is 11.9 Å². The van der Waals surface area contributed by atoms with E-state index in [-0.39, 0.29) is 11.9 Å². The first-order valence-corrected chi connectivity index (χ1v) is 4.68. The summed E-state index contributed by atoms with van der Waals surface area (Å²) in [6, 6.07) is 5.30. The first kappa shape index (κ1) is 8.87. The van der Waals surface area contributed by atoms with Gasteiger partial charge >= 0.3 is 0 Å². The van der Waals surface area contributed by atoms with Gasteiger partial charge in [-0.3, -0.25) is 4.79 Å². The molecule has 1 aliphatic heterocycles. The molecule has 1 aliphatic rings. The largest absolute Gasteiger partial charge is 0.397 e. The predicted octanol–water partition coefficient (Wildman–Crippen LogP) is 1.41. The van der Waals surface area contributed by atoms with Crippen molar-refractivity contribution in [3.63, 3.8) is 0 Å². The summed E-state index contributed by atoms with van der Waals surface area (Å²) >= 11 is 0. The van der Waals surface area contributed by atoms with Crippen LogP contribution < -0.4 is 16.4 Å². The molecule has 0 fully saturated rings. The Morgan fingerprint density at radius 3 is 3.00 bits per heavy atom. The number of fused-ring (bicyclic) bond motifs is 1. The SMILES string of the molecule is CCC1Nc2c(N)cccc2NC1=O. The van der Waals surface area contributed by atoms with E-state index in [1.807, 2.05) is 25.1 Å². The highest BCUT2D eigenvalue weighted by atomic mass is 16.2. The van der Waals surface area contributed by atoms with Gasteiger partial charge in [-0.25, -0.2) is 0 Å². The van der Waals surface area contributed by atoms with Crippen LogP contribution in [0.25, 0.3) is 0 Å². The second-order valence-electron chi connectivity index (χ2n) is 3.36. The summed E-state index contributed by atoms with van der Waals surface area (Å²) in [6.07, 6.45) is 0.750. The number of nitrogen functional groups attached to an aromatic ring is 1. The molecule has 0 saturated heterocycles. The average Bonchev–Trinajstić information content (AvgIpc) is 2.17. The van der Waals surface area contributed by atoms with Crippen LogP contribution in [0.5, 0.6) is 0 Å². The molecule has 1 amide bonds. The number of carbonyl (C=O) groups excluding carboxylic acids is 1. The van der Waals surface area contributed by atoms with Crippen molar-refractivity contribution in [1.29, 1.82) is 0 Å². The van der Waals surface area contributed by atoms with Gasteiger partial charge in [0.1, 0.15) is 6.04 Å². The zero-order valence-corrected chi connectivity index (χ0v) is 8.00. The normalized spacial score (nSPS) is 19.5. The quantitative estimate of drug-likeness (QED) is 0.588. The molecule has 1 unspecified atom stereocenters. The molecule has 1 atom stereocenters. The molecule has 4 heteroatoms. The predicted molar refractivity (Wildman–Crippen MR) is 57.2 cm³/mol. The van der Waals surface area contributed by atoms with E-state index in [1.165, 1.54) is 0 Å². The van der Waals surface area contributed by atoms with Crippen LogP contribution in [0.4, 0.5) is 17.1 Å². The van der Waals surface area contributed by atoms with Gasteiger partial charge < -0.3 is 16.4 Å². The van der Waals surface area contributed by atoms with Crippen LogP contribution in [0.3, 0.4) is 0 Å². The van der Waals surface area contributed by atoms with Crippen LogP contribution in [0, 0.1) is 0 Å². The third-order valence-electron chi connectivity index (χ3n) is 2.40. The Labute approximate surface area is 82.5 Å². The Bertz CT molecular complexity index is 376. The number of para-hydroxylation sites is 1. The molecule has 0 aromatic heterocycles.